The highest BCUT2D eigenvalue weighted by Gasteiger charge is 2.09. The lowest BCUT2D eigenvalue weighted by atomic mass is 10.1. The molecular weight excluding hydrogens is 298 g/mol. The molecule has 3 aromatic rings. The van der Waals surface area contributed by atoms with E-state index in [-0.39, 0.29) is 18.1 Å². The number of carbonyl (C=O) groups excluding carboxylic acids is 1. The van der Waals surface area contributed by atoms with Crippen LogP contribution in [-0.2, 0) is 17.8 Å². The van der Waals surface area contributed by atoms with Crippen LogP contribution in [0.25, 0.3) is 0 Å². The minimum atomic E-state index is -0.141. The van der Waals surface area contributed by atoms with Gasteiger partial charge in [0.25, 0.3) is 0 Å². The topological polar surface area (TPSA) is 67.2 Å². The second-order valence-corrected chi connectivity index (χ2v) is 5.68. The van der Waals surface area contributed by atoms with E-state index in [1.165, 1.54) is 0 Å². The Balaban J connectivity index is 1.66. The van der Waals surface area contributed by atoms with Crippen LogP contribution in [0.4, 0.5) is 5.82 Å². The number of nitrogens with zero attached hydrogens (tertiary/aromatic N) is 2. The lowest BCUT2D eigenvalue weighted by Gasteiger charge is -2.08. The number of aromatic hydroxyl groups is 1. The number of nitrogens with one attached hydrogen (secondary N) is 1. The number of phenols is 1. The number of rotatable bonds is 5. The van der Waals surface area contributed by atoms with Gasteiger partial charge in [0.15, 0.2) is 0 Å². The van der Waals surface area contributed by atoms with Crippen molar-refractivity contribution in [3.8, 4) is 5.75 Å². The van der Waals surface area contributed by atoms with Crippen LogP contribution < -0.4 is 5.32 Å². The van der Waals surface area contributed by atoms with Crippen molar-refractivity contribution in [3.05, 3.63) is 64.5 Å². The van der Waals surface area contributed by atoms with Gasteiger partial charge in [-0.3, -0.25) is 4.79 Å². The van der Waals surface area contributed by atoms with Crippen molar-refractivity contribution in [1.82, 2.24) is 9.78 Å². The fourth-order valence-electron chi connectivity index (χ4n) is 2.16. The number of anilines is 1. The minimum absolute atomic E-state index is 0.141. The third-order valence-electron chi connectivity index (χ3n) is 3.17. The van der Waals surface area contributed by atoms with Crippen molar-refractivity contribution in [2.45, 2.75) is 13.0 Å². The van der Waals surface area contributed by atoms with E-state index in [1.807, 2.05) is 17.5 Å². The summed E-state index contributed by atoms with van der Waals surface area (Å²) in [5.41, 5.74) is 1.92. The van der Waals surface area contributed by atoms with E-state index in [1.54, 1.807) is 46.5 Å². The van der Waals surface area contributed by atoms with Gasteiger partial charge in [-0.25, -0.2) is 4.68 Å². The van der Waals surface area contributed by atoms with E-state index in [9.17, 15) is 9.90 Å². The van der Waals surface area contributed by atoms with Crippen molar-refractivity contribution >= 4 is 23.1 Å². The third-order valence-corrected chi connectivity index (χ3v) is 3.90. The number of phenolic OH excluding ortho intramolecular Hbond substituents is 1. The fraction of sp³-hybridized carbons (Fsp3) is 0.125. The standard InChI is InChI=1S/C16H15N3O2S/c20-14-3-1-2-12(8-14)9-16(21)18-15-4-6-17-19(15)10-13-5-7-22-11-13/h1-8,11,20H,9-10H2,(H,18,21). The summed E-state index contributed by atoms with van der Waals surface area (Å²) in [6.45, 7) is 0.623. The van der Waals surface area contributed by atoms with Gasteiger partial charge >= 0.3 is 0 Å². The second-order valence-electron chi connectivity index (χ2n) is 4.90. The molecule has 2 N–H and O–H groups in total. The Labute approximate surface area is 131 Å². The van der Waals surface area contributed by atoms with Crippen molar-refractivity contribution in [2.75, 3.05) is 5.32 Å². The molecule has 0 radical (unpaired) electrons. The molecule has 0 aliphatic carbocycles. The number of carbonyl (C=O) groups is 1. The number of thiophene rings is 1. The summed E-state index contributed by atoms with van der Waals surface area (Å²) in [6, 6.07) is 10.5. The monoisotopic (exact) mass is 313 g/mol. The van der Waals surface area contributed by atoms with Gasteiger partial charge in [-0.15, -0.1) is 0 Å². The van der Waals surface area contributed by atoms with Crippen molar-refractivity contribution in [2.24, 2.45) is 0 Å². The summed E-state index contributed by atoms with van der Waals surface area (Å²) < 4.78 is 1.75. The largest absolute Gasteiger partial charge is 0.508 e. The molecule has 3 rings (SSSR count). The number of hydrogen-bond acceptors (Lipinski definition) is 4. The molecule has 0 unspecified atom stereocenters. The number of aromatic nitrogens is 2. The SMILES string of the molecule is O=C(Cc1cccc(O)c1)Nc1ccnn1Cc1ccsc1. The van der Waals surface area contributed by atoms with Crippen molar-refractivity contribution < 1.29 is 9.90 Å². The Morgan fingerprint density at radius 3 is 2.95 bits per heavy atom. The number of benzene rings is 1. The van der Waals surface area contributed by atoms with Crippen LogP contribution in [0.3, 0.4) is 0 Å². The summed E-state index contributed by atoms with van der Waals surface area (Å²) in [5.74, 6) is 0.682. The first-order chi connectivity index (χ1) is 10.7. The Morgan fingerprint density at radius 2 is 2.18 bits per heavy atom. The second kappa shape index (κ2) is 6.44. The summed E-state index contributed by atoms with van der Waals surface area (Å²) >= 11 is 1.63. The average Bonchev–Trinajstić information content (AvgIpc) is 3.12. The maximum atomic E-state index is 12.1. The number of amides is 1. The van der Waals surface area contributed by atoms with Gasteiger partial charge in [-0.2, -0.15) is 16.4 Å². The van der Waals surface area contributed by atoms with Crippen LogP contribution in [0.5, 0.6) is 5.75 Å². The highest BCUT2D eigenvalue weighted by molar-refractivity contribution is 7.07. The molecule has 2 aromatic heterocycles. The Kier molecular flexibility index (Phi) is 4.20. The van der Waals surface area contributed by atoms with Gasteiger partial charge in [-0.1, -0.05) is 12.1 Å². The van der Waals surface area contributed by atoms with Crippen LogP contribution in [0, 0.1) is 0 Å². The molecule has 0 spiro atoms. The zero-order valence-electron chi connectivity index (χ0n) is 11.8. The fourth-order valence-corrected chi connectivity index (χ4v) is 2.82. The average molecular weight is 313 g/mol. The Hall–Kier alpha value is -2.60. The predicted molar refractivity (Wildman–Crippen MR) is 86.1 cm³/mol. The van der Waals surface area contributed by atoms with E-state index in [0.29, 0.717) is 12.4 Å². The maximum Gasteiger partial charge on any atom is 0.229 e. The lowest BCUT2D eigenvalue weighted by Crippen LogP contribution is -2.17. The Morgan fingerprint density at radius 1 is 1.27 bits per heavy atom. The summed E-state index contributed by atoms with van der Waals surface area (Å²) in [5, 5.41) is 20.6. The molecule has 112 valence electrons. The van der Waals surface area contributed by atoms with Crippen LogP contribution in [0.2, 0.25) is 0 Å². The van der Waals surface area contributed by atoms with Gasteiger partial charge in [-0.05, 0) is 40.1 Å². The highest BCUT2D eigenvalue weighted by Crippen LogP contribution is 2.14. The molecule has 22 heavy (non-hydrogen) atoms. The minimum Gasteiger partial charge on any atom is -0.508 e. The van der Waals surface area contributed by atoms with E-state index >= 15 is 0 Å². The molecule has 0 aliphatic rings. The summed E-state index contributed by atoms with van der Waals surface area (Å²) in [4.78, 5) is 12.1. The third kappa shape index (κ3) is 3.53. The molecule has 1 aromatic carbocycles. The van der Waals surface area contributed by atoms with Crippen LogP contribution in [0.15, 0.2) is 53.4 Å². The number of hydrogen-bond donors (Lipinski definition) is 2. The highest BCUT2D eigenvalue weighted by atomic mass is 32.1. The van der Waals surface area contributed by atoms with Gasteiger partial charge in [0.05, 0.1) is 19.2 Å². The molecule has 0 aliphatic heterocycles. The van der Waals surface area contributed by atoms with E-state index < -0.39 is 0 Å². The molecule has 0 atom stereocenters. The van der Waals surface area contributed by atoms with Crippen LogP contribution in [0.1, 0.15) is 11.1 Å². The molecular formula is C16H15N3O2S. The predicted octanol–water partition coefficient (Wildman–Crippen LogP) is 2.88. The molecule has 6 heteroatoms. The van der Waals surface area contributed by atoms with Crippen molar-refractivity contribution in [3.63, 3.8) is 0 Å². The molecule has 1 amide bonds. The van der Waals surface area contributed by atoms with Gasteiger partial charge in [0.1, 0.15) is 11.6 Å². The van der Waals surface area contributed by atoms with E-state index in [4.69, 9.17) is 0 Å². The molecule has 0 fully saturated rings. The van der Waals surface area contributed by atoms with Crippen LogP contribution >= 0.6 is 11.3 Å². The smallest absolute Gasteiger partial charge is 0.229 e. The van der Waals surface area contributed by atoms with E-state index in [2.05, 4.69) is 15.8 Å². The quantitative estimate of drug-likeness (QED) is 0.761. The van der Waals surface area contributed by atoms with Gasteiger partial charge < -0.3 is 10.4 Å². The zero-order valence-corrected chi connectivity index (χ0v) is 12.6. The first-order valence-corrected chi connectivity index (χ1v) is 7.75. The molecule has 0 saturated carbocycles. The molecule has 2 heterocycles. The summed E-state index contributed by atoms with van der Waals surface area (Å²) in [7, 11) is 0. The first-order valence-electron chi connectivity index (χ1n) is 6.81. The zero-order chi connectivity index (χ0) is 15.4. The normalized spacial score (nSPS) is 10.5. The molecule has 5 nitrogen and oxygen atoms in total. The first kappa shape index (κ1) is 14.3. The van der Waals surface area contributed by atoms with Gasteiger partial charge in [0, 0.05) is 6.07 Å². The van der Waals surface area contributed by atoms with Crippen LogP contribution in [-0.4, -0.2) is 20.8 Å². The summed E-state index contributed by atoms with van der Waals surface area (Å²) in [6.07, 6.45) is 1.87. The van der Waals surface area contributed by atoms with Gasteiger partial charge in [0.2, 0.25) is 5.91 Å². The molecule has 0 bridgehead atoms. The molecule has 0 saturated heterocycles. The maximum absolute atomic E-state index is 12.1. The Bertz CT molecular complexity index is 765. The van der Waals surface area contributed by atoms with E-state index in [0.717, 1.165) is 11.1 Å². The van der Waals surface area contributed by atoms with Crippen molar-refractivity contribution in [1.29, 1.82) is 0 Å². The lowest BCUT2D eigenvalue weighted by molar-refractivity contribution is -0.115.